The van der Waals surface area contributed by atoms with Crippen molar-refractivity contribution in [1.29, 1.82) is 0 Å². The van der Waals surface area contributed by atoms with Crippen LogP contribution < -0.4 is 5.73 Å². The monoisotopic (exact) mass is 256 g/mol. The molecule has 2 rings (SSSR count). The van der Waals surface area contributed by atoms with E-state index in [2.05, 4.69) is 0 Å². The van der Waals surface area contributed by atoms with Gasteiger partial charge in [-0.3, -0.25) is 4.79 Å². The number of nitrogens with zero attached hydrogens (tertiary/aromatic N) is 1. The second-order valence-corrected chi connectivity index (χ2v) is 4.57. The van der Waals surface area contributed by atoms with Crippen molar-refractivity contribution in [3.05, 3.63) is 34.6 Å². The standard InChI is InChI=1S/C12H14ClFN2O/c13-10-4-3-8(6-11(10)14)12(17)16-5-1-2-9(16)7-15/h3-4,6,9H,1-2,5,7,15H2. The highest BCUT2D eigenvalue weighted by molar-refractivity contribution is 6.30. The van der Waals surface area contributed by atoms with Crippen LogP contribution in [-0.2, 0) is 0 Å². The number of halogens is 2. The zero-order valence-corrected chi connectivity index (χ0v) is 10.1. The molecule has 0 saturated carbocycles. The van der Waals surface area contributed by atoms with E-state index in [1.165, 1.54) is 12.1 Å². The van der Waals surface area contributed by atoms with Gasteiger partial charge in [0.1, 0.15) is 5.82 Å². The molecular weight excluding hydrogens is 243 g/mol. The van der Waals surface area contributed by atoms with E-state index in [0.29, 0.717) is 18.7 Å². The average Bonchev–Trinajstić information content (AvgIpc) is 2.80. The first-order chi connectivity index (χ1) is 8.13. The van der Waals surface area contributed by atoms with Crippen molar-refractivity contribution in [1.82, 2.24) is 4.90 Å². The van der Waals surface area contributed by atoms with E-state index >= 15 is 0 Å². The van der Waals surface area contributed by atoms with E-state index in [0.717, 1.165) is 12.8 Å². The Morgan fingerprint density at radius 1 is 1.59 bits per heavy atom. The predicted octanol–water partition coefficient (Wildman–Crippen LogP) is 2.04. The fraction of sp³-hybridized carbons (Fsp3) is 0.417. The Morgan fingerprint density at radius 3 is 3.00 bits per heavy atom. The second kappa shape index (κ2) is 5.02. The smallest absolute Gasteiger partial charge is 0.254 e. The highest BCUT2D eigenvalue weighted by Crippen LogP contribution is 2.21. The van der Waals surface area contributed by atoms with Gasteiger partial charge in [0.05, 0.1) is 5.02 Å². The Labute approximate surface area is 104 Å². The van der Waals surface area contributed by atoms with Gasteiger partial charge < -0.3 is 10.6 Å². The number of carbonyl (C=O) groups excluding carboxylic acids is 1. The molecule has 1 aromatic carbocycles. The molecule has 0 aromatic heterocycles. The third kappa shape index (κ3) is 2.42. The van der Waals surface area contributed by atoms with Crippen LogP contribution in [0.25, 0.3) is 0 Å². The molecule has 5 heteroatoms. The van der Waals surface area contributed by atoms with E-state index in [-0.39, 0.29) is 17.0 Å². The minimum Gasteiger partial charge on any atom is -0.334 e. The molecule has 0 aliphatic carbocycles. The molecule has 1 saturated heterocycles. The molecule has 1 atom stereocenters. The molecule has 0 radical (unpaired) electrons. The summed E-state index contributed by atoms with van der Waals surface area (Å²) >= 11 is 5.58. The number of amides is 1. The highest BCUT2D eigenvalue weighted by Gasteiger charge is 2.28. The van der Waals surface area contributed by atoms with E-state index in [1.807, 2.05) is 0 Å². The number of carbonyl (C=O) groups is 1. The SMILES string of the molecule is NCC1CCCN1C(=O)c1ccc(Cl)c(F)c1. The van der Waals surface area contributed by atoms with Gasteiger partial charge in [0.2, 0.25) is 0 Å². The summed E-state index contributed by atoms with van der Waals surface area (Å²) in [5, 5.41) is 0.0262. The molecule has 1 aliphatic rings. The lowest BCUT2D eigenvalue weighted by Crippen LogP contribution is -2.39. The molecule has 1 amide bonds. The molecule has 17 heavy (non-hydrogen) atoms. The van der Waals surface area contributed by atoms with Crippen molar-refractivity contribution in [2.45, 2.75) is 18.9 Å². The van der Waals surface area contributed by atoms with Gasteiger partial charge in [0.15, 0.2) is 0 Å². The van der Waals surface area contributed by atoms with Crippen LogP contribution in [0.5, 0.6) is 0 Å². The zero-order chi connectivity index (χ0) is 12.4. The molecule has 1 fully saturated rings. The Hall–Kier alpha value is -1.13. The molecular formula is C12H14ClFN2O. The van der Waals surface area contributed by atoms with Gasteiger partial charge in [0, 0.05) is 24.7 Å². The molecule has 0 spiro atoms. The van der Waals surface area contributed by atoms with Crippen LogP contribution in [0.1, 0.15) is 23.2 Å². The third-order valence-electron chi connectivity index (χ3n) is 3.08. The van der Waals surface area contributed by atoms with Gasteiger partial charge in [-0.1, -0.05) is 11.6 Å². The van der Waals surface area contributed by atoms with Crippen molar-refractivity contribution < 1.29 is 9.18 Å². The van der Waals surface area contributed by atoms with Crippen LogP contribution in [0.15, 0.2) is 18.2 Å². The van der Waals surface area contributed by atoms with Gasteiger partial charge in [-0.25, -0.2) is 4.39 Å². The third-order valence-corrected chi connectivity index (χ3v) is 3.38. The van der Waals surface area contributed by atoms with Crippen molar-refractivity contribution in [2.24, 2.45) is 5.73 Å². The summed E-state index contributed by atoms with van der Waals surface area (Å²) in [6, 6.07) is 4.19. The fourth-order valence-corrected chi connectivity index (χ4v) is 2.26. The predicted molar refractivity (Wildman–Crippen MR) is 64.5 cm³/mol. The van der Waals surface area contributed by atoms with Gasteiger partial charge in [-0.15, -0.1) is 0 Å². The summed E-state index contributed by atoms with van der Waals surface area (Å²) in [6.07, 6.45) is 1.86. The Bertz CT molecular complexity index is 439. The zero-order valence-electron chi connectivity index (χ0n) is 9.33. The van der Waals surface area contributed by atoms with Crippen molar-refractivity contribution in [3.63, 3.8) is 0 Å². The molecule has 1 aliphatic heterocycles. The van der Waals surface area contributed by atoms with E-state index < -0.39 is 5.82 Å². The molecule has 1 unspecified atom stereocenters. The normalized spacial score (nSPS) is 19.7. The second-order valence-electron chi connectivity index (χ2n) is 4.16. The highest BCUT2D eigenvalue weighted by atomic mass is 35.5. The molecule has 2 N–H and O–H groups in total. The van der Waals surface area contributed by atoms with Crippen LogP contribution in [0.4, 0.5) is 4.39 Å². The van der Waals surface area contributed by atoms with Crippen LogP contribution >= 0.6 is 11.6 Å². The fourth-order valence-electron chi connectivity index (χ4n) is 2.14. The summed E-state index contributed by atoms with van der Waals surface area (Å²) in [4.78, 5) is 13.9. The van der Waals surface area contributed by atoms with Crippen LogP contribution in [-0.4, -0.2) is 29.9 Å². The van der Waals surface area contributed by atoms with Gasteiger partial charge in [-0.05, 0) is 31.0 Å². The van der Waals surface area contributed by atoms with E-state index in [9.17, 15) is 9.18 Å². The molecule has 0 bridgehead atoms. The maximum atomic E-state index is 13.3. The van der Waals surface area contributed by atoms with Crippen LogP contribution in [0.3, 0.4) is 0 Å². The van der Waals surface area contributed by atoms with E-state index in [4.69, 9.17) is 17.3 Å². The lowest BCUT2D eigenvalue weighted by atomic mass is 10.1. The number of hydrogen-bond donors (Lipinski definition) is 1. The Kier molecular flexibility index (Phi) is 3.64. The van der Waals surface area contributed by atoms with Gasteiger partial charge in [0.25, 0.3) is 5.91 Å². The summed E-state index contributed by atoms with van der Waals surface area (Å²) in [7, 11) is 0. The first-order valence-electron chi connectivity index (χ1n) is 5.59. The van der Waals surface area contributed by atoms with Gasteiger partial charge in [-0.2, -0.15) is 0 Å². The number of likely N-dealkylation sites (tertiary alicyclic amines) is 1. The van der Waals surface area contributed by atoms with E-state index in [1.54, 1.807) is 11.0 Å². The number of nitrogens with two attached hydrogens (primary N) is 1. The molecule has 3 nitrogen and oxygen atoms in total. The molecule has 92 valence electrons. The van der Waals surface area contributed by atoms with Crippen molar-refractivity contribution >= 4 is 17.5 Å². The largest absolute Gasteiger partial charge is 0.334 e. The Morgan fingerprint density at radius 2 is 2.35 bits per heavy atom. The van der Waals surface area contributed by atoms with Crippen LogP contribution in [0, 0.1) is 5.82 Å². The minimum atomic E-state index is -0.569. The van der Waals surface area contributed by atoms with Crippen molar-refractivity contribution in [3.8, 4) is 0 Å². The summed E-state index contributed by atoms with van der Waals surface area (Å²) in [5.74, 6) is -0.741. The maximum Gasteiger partial charge on any atom is 0.254 e. The molecule has 1 heterocycles. The van der Waals surface area contributed by atoms with Crippen LogP contribution in [0.2, 0.25) is 5.02 Å². The first-order valence-corrected chi connectivity index (χ1v) is 5.97. The molecule has 1 aromatic rings. The lowest BCUT2D eigenvalue weighted by Gasteiger charge is -2.23. The quantitative estimate of drug-likeness (QED) is 0.880. The summed E-state index contributed by atoms with van der Waals surface area (Å²) < 4.78 is 13.3. The lowest BCUT2D eigenvalue weighted by molar-refractivity contribution is 0.0740. The average molecular weight is 257 g/mol. The van der Waals surface area contributed by atoms with Crippen molar-refractivity contribution in [2.75, 3.05) is 13.1 Å². The summed E-state index contributed by atoms with van der Waals surface area (Å²) in [6.45, 7) is 1.13. The number of benzene rings is 1. The minimum absolute atomic E-state index is 0.0262. The Balaban J connectivity index is 2.21. The summed E-state index contributed by atoms with van der Waals surface area (Å²) in [5.41, 5.74) is 5.93. The maximum absolute atomic E-state index is 13.3. The number of rotatable bonds is 2. The topological polar surface area (TPSA) is 46.3 Å². The van der Waals surface area contributed by atoms with Gasteiger partial charge >= 0.3 is 0 Å². The first kappa shape index (κ1) is 12.3. The number of hydrogen-bond acceptors (Lipinski definition) is 2.